The molecule has 4 unspecified atom stereocenters. The molecule has 1 saturated heterocycles. The maximum atomic E-state index is 12.0. The molecule has 20 heavy (non-hydrogen) atoms. The van der Waals surface area contributed by atoms with E-state index in [0.29, 0.717) is 5.82 Å². The number of anilines is 1. The Hall–Kier alpha value is -1.48. The number of ether oxygens (including phenoxy) is 2. The predicted octanol–water partition coefficient (Wildman–Crippen LogP) is -1.43. The molecule has 1 aliphatic heterocycles. The van der Waals surface area contributed by atoms with E-state index in [1.165, 1.54) is 17.9 Å². The van der Waals surface area contributed by atoms with E-state index in [9.17, 15) is 9.90 Å². The van der Waals surface area contributed by atoms with Gasteiger partial charge in [0, 0.05) is 27.4 Å². The summed E-state index contributed by atoms with van der Waals surface area (Å²) in [5.41, 5.74) is -0.506. The van der Waals surface area contributed by atoms with Crippen molar-refractivity contribution in [3.8, 4) is 0 Å². The van der Waals surface area contributed by atoms with Gasteiger partial charge in [-0.2, -0.15) is 4.98 Å². The number of aromatic nitrogens is 2. The van der Waals surface area contributed by atoms with E-state index in [1.807, 2.05) is 0 Å². The highest BCUT2D eigenvalue weighted by atomic mass is 16.6. The molecule has 0 aliphatic carbocycles. The molecule has 0 radical (unpaired) electrons. The van der Waals surface area contributed by atoms with Crippen LogP contribution in [0.15, 0.2) is 17.1 Å². The van der Waals surface area contributed by atoms with E-state index < -0.39 is 30.2 Å². The Labute approximate surface area is 116 Å². The second-order valence-electron chi connectivity index (χ2n) is 4.81. The Morgan fingerprint density at radius 2 is 2.25 bits per heavy atom. The first-order valence-electron chi connectivity index (χ1n) is 6.23. The van der Waals surface area contributed by atoms with Crippen molar-refractivity contribution < 1.29 is 19.7 Å². The molecule has 1 aromatic rings. The third kappa shape index (κ3) is 2.55. The topological polar surface area (TPSA) is 97.1 Å². The summed E-state index contributed by atoms with van der Waals surface area (Å²) in [4.78, 5) is 17.7. The first-order chi connectivity index (χ1) is 9.49. The molecule has 2 N–H and O–H groups in total. The molecular weight excluding hydrogens is 266 g/mol. The van der Waals surface area contributed by atoms with Crippen molar-refractivity contribution in [3.63, 3.8) is 0 Å². The summed E-state index contributed by atoms with van der Waals surface area (Å²) < 4.78 is 11.9. The number of rotatable bonds is 4. The number of hydrogen-bond donors (Lipinski definition) is 2. The molecule has 0 amide bonds. The van der Waals surface area contributed by atoms with Gasteiger partial charge in [0.05, 0.1) is 6.61 Å². The van der Waals surface area contributed by atoms with Gasteiger partial charge in [0.25, 0.3) is 0 Å². The van der Waals surface area contributed by atoms with Crippen LogP contribution in [-0.4, -0.2) is 65.9 Å². The fourth-order valence-corrected chi connectivity index (χ4v) is 2.19. The molecule has 2 rings (SSSR count). The third-order valence-corrected chi connectivity index (χ3v) is 3.31. The zero-order valence-corrected chi connectivity index (χ0v) is 11.6. The van der Waals surface area contributed by atoms with Crippen molar-refractivity contribution in [2.24, 2.45) is 0 Å². The quantitative estimate of drug-likeness (QED) is 0.700. The second-order valence-corrected chi connectivity index (χ2v) is 4.81. The molecule has 0 spiro atoms. The molecule has 1 aromatic heterocycles. The number of aliphatic hydroxyl groups is 2. The largest absolute Gasteiger partial charge is 0.394 e. The first kappa shape index (κ1) is 14.9. The minimum Gasteiger partial charge on any atom is -0.394 e. The highest BCUT2D eigenvalue weighted by Crippen LogP contribution is 2.30. The maximum Gasteiger partial charge on any atom is 0.351 e. The van der Waals surface area contributed by atoms with E-state index in [-0.39, 0.29) is 6.61 Å². The fourth-order valence-electron chi connectivity index (χ4n) is 2.19. The molecule has 8 heteroatoms. The van der Waals surface area contributed by atoms with Crippen LogP contribution in [0.25, 0.3) is 0 Å². The first-order valence-corrected chi connectivity index (χ1v) is 6.23. The predicted molar refractivity (Wildman–Crippen MR) is 70.6 cm³/mol. The van der Waals surface area contributed by atoms with Crippen LogP contribution < -0.4 is 10.6 Å². The molecule has 0 bridgehead atoms. The SMILES string of the molecule is COC1C(O)C(CO)OC1n1ccc(N(C)C)nc1=O. The number of methoxy groups -OCH3 is 1. The van der Waals surface area contributed by atoms with Crippen molar-refractivity contribution >= 4 is 5.82 Å². The maximum absolute atomic E-state index is 12.0. The zero-order chi connectivity index (χ0) is 14.9. The smallest absolute Gasteiger partial charge is 0.351 e. The van der Waals surface area contributed by atoms with Crippen molar-refractivity contribution in [2.45, 2.75) is 24.5 Å². The van der Waals surface area contributed by atoms with Gasteiger partial charge >= 0.3 is 5.69 Å². The van der Waals surface area contributed by atoms with Crippen LogP contribution in [0, 0.1) is 0 Å². The van der Waals surface area contributed by atoms with Crippen LogP contribution in [0.3, 0.4) is 0 Å². The van der Waals surface area contributed by atoms with Crippen LogP contribution >= 0.6 is 0 Å². The molecule has 1 aliphatic rings. The molecule has 112 valence electrons. The van der Waals surface area contributed by atoms with Gasteiger partial charge in [-0.15, -0.1) is 0 Å². The molecule has 4 atom stereocenters. The molecule has 2 heterocycles. The summed E-state index contributed by atoms with van der Waals surface area (Å²) >= 11 is 0. The zero-order valence-electron chi connectivity index (χ0n) is 11.6. The van der Waals surface area contributed by atoms with Crippen LogP contribution in [0.4, 0.5) is 5.82 Å². The number of aliphatic hydroxyl groups excluding tert-OH is 2. The summed E-state index contributed by atoms with van der Waals surface area (Å²) in [6.45, 7) is -0.352. The third-order valence-electron chi connectivity index (χ3n) is 3.31. The van der Waals surface area contributed by atoms with Crippen molar-refractivity contribution in [2.75, 3.05) is 32.7 Å². The van der Waals surface area contributed by atoms with Gasteiger partial charge < -0.3 is 24.6 Å². The van der Waals surface area contributed by atoms with E-state index >= 15 is 0 Å². The number of nitrogens with zero attached hydrogens (tertiary/aromatic N) is 3. The van der Waals surface area contributed by atoms with Crippen molar-refractivity contribution in [3.05, 3.63) is 22.7 Å². The van der Waals surface area contributed by atoms with Crippen molar-refractivity contribution in [1.82, 2.24) is 9.55 Å². The van der Waals surface area contributed by atoms with Crippen LogP contribution in [0.2, 0.25) is 0 Å². The van der Waals surface area contributed by atoms with Crippen LogP contribution in [-0.2, 0) is 9.47 Å². The van der Waals surface area contributed by atoms with E-state index in [2.05, 4.69) is 4.98 Å². The minimum atomic E-state index is -1.00. The Bertz CT molecular complexity index is 518. The van der Waals surface area contributed by atoms with E-state index in [4.69, 9.17) is 14.6 Å². The lowest BCUT2D eigenvalue weighted by Crippen LogP contribution is -2.37. The van der Waals surface area contributed by atoms with Gasteiger partial charge in [0.2, 0.25) is 0 Å². The van der Waals surface area contributed by atoms with Gasteiger partial charge in [0.1, 0.15) is 24.1 Å². The van der Waals surface area contributed by atoms with Crippen LogP contribution in [0.1, 0.15) is 6.23 Å². The summed E-state index contributed by atoms with van der Waals surface area (Å²) in [7, 11) is 4.97. The molecule has 0 aromatic carbocycles. The molecule has 1 fully saturated rings. The van der Waals surface area contributed by atoms with Crippen LogP contribution in [0.5, 0.6) is 0 Å². The highest BCUT2D eigenvalue weighted by Gasteiger charge is 2.45. The Kier molecular flexibility index (Phi) is 4.39. The molecule has 0 saturated carbocycles. The summed E-state index contributed by atoms with van der Waals surface area (Å²) in [6, 6.07) is 1.66. The van der Waals surface area contributed by atoms with Gasteiger partial charge in [-0.25, -0.2) is 4.79 Å². The average Bonchev–Trinajstić information content (AvgIpc) is 2.74. The molecular formula is C12H19N3O5. The minimum absolute atomic E-state index is 0.352. The van der Waals surface area contributed by atoms with Gasteiger partial charge in [-0.3, -0.25) is 4.57 Å². The Morgan fingerprint density at radius 1 is 1.55 bits per heavy atom. The number of hydrogen-bond acceptors (Lipinski definition) is 7. The Morgan fingerprint density at radius 3 is 2.75 bits per heavy atom. The lowest BCUT2D eigenvalue weighted by molar-refractivity contribution is -0.0624. The van der Waals surface area contributed by atoms with E-state index in [0.717, 1.165) is 0 Å². The average molecular weight is 285 g/mol. The standard InChI is InChI=1S/C12H19N3O5/c1-14(2)8-4-5-15(12(18)13-8)11-10(19-3)9(17)7(6-16)20-11/h4-5,7,9-11,16-17H,6H2,1-3H3. The lowest BCUT2D eigenvalue weighted by Gasteiger charge is -2.21. The van der Waals surface area contributed by atoms with Crippen molar-refractivity contribution in [1.29, 1.82) is 0 Å². The van der Waals surface area contributed by atoms with Gasteiger partial charge in [0.15, 0.2) is 6.23 Å². The molecule has 8 nitrogen and oxygen atoms in total. The Balaban J connectivity index is 2.33. The lowest BCUT2D eigenvalue weighted by atomic mass is 10.1. The normalized spacial score (nSPS) is 29.6. The van der Waals surface area contributed by atoms with Gasteiger partial charge in [-0.05, 0) is 6.07 Å². The summed E-state index contributed by atoms with van der Waals surface area (Å²) in [6.07, 6.45) is -1.81. The van der Waals surface area contributed by atoms with E-state index in [1.54, 1.807) is 25.1 Å². The summed E-state index contributed by atoms with van der Waals surface area (Å²) in [5, 5.41) is 19.1. The highest BCUT2D eigenvalue weighted by molar-refractivity contribution is 5.33. The fraction of sp³-hybridized carbons (Fsp3) is 0.667. The second kappa shape index (κ2) is 5.88. The monoisotopic (exact) mass is 285 g/mol. The summed E-state index contributed by atoms with van der Waals surface area (Å²) in [5.74, 6) is 0.525. The van der Waals surface area contributed by atoms with Gasteiger partial charge in [-0.1, -0.05) is 0 Å².